The van der Waals surface area contributed by atoms with Gasteiger partial charge in [-0.25, -0.2) is 0 Å². The highest BCUT2D eigenvalue weighted by Crippen LogP contribution is 2.19. The molecule has 2 N–H and O–H groups in total. The second kappa shape index (κ2) is 7.45. The number of fused-ring (bicyclic) bond motifs is 1. The Bertz CT molecular complexity index is 515. The molecule has 0 fully saturated rings. The van der Waals surface area contributed by atoms with Gasteiger partial charge in [0.1, 0.15) is 5.82 Å². The van der Waals surface area contributed by atoms with Crippen LogP contribution < -0.4 is 10.6 Å². The van der Waals surface area contributed by atoms with E-state index in [4.69, 9.17) is 0 Å². The average molecular weight is 258 g/mol. The smallest absolute Gasteiger partial charge is 0.132 e. The zero-order valence-electron chi connectivity index (χ0n) is 12.1. The van der Waals surface area contributed by atoms with E-state index in [0.29, 0.717) is 0 Å². The van der Waals surface area contributed by atoms with E-state index in [1.54, 1.807) is 6.92 Å². The minimum absolute atomic E-state index is 0.861. The number of nitrogens with zero attached hydrogens (tertiary/aromatic N) is 2. The molecule has 4 nitrogen and oxygen atoms in total. The summed E-state index contributed by atoms with van der Waals surface area (Å²) < 4.78 is 1.88. The molecule has 0 unspecified atom stereocenters. The van der Waals surface area contributed by atoms with Crippen molar-refractivity contribution in [2.24, 2.45) is 7.05 Å². The number of aryl methyl sites for hydroxylation is 1. The Balaban J connectivity index is 0.000000550. The van der Waals surface area contributed by atoms with Gasteiger partial charge in [-0.3, -0.25) is 4.68 Å². The molecular formula is C15H22N4. The highest BCUT2D eigenvalue weighted by molar-refractivity contribution is 5.51. The molecule has 4 heteroatoms. The lowest BCUT2D eigenvalue weighted by atomic mass is 10.2. The maximum Gasteiger partial charge on any atom is 0.132 e. The van der Waals surface area contributed by atoms with E-state index < -0.39 is 0 Å². The molecule has 0 saturated carbocycles. The van der Waals surface area contributed by atoms with Crippen molar-refractivity contribution in [2.45, 2.75) is 27.3 Å². The SMILES string of the molecule is C#CC.C/C=C(C)\C=C1/CNCc2cnn(C)c2N1. The summed E-state index contributed by atoms with van der Waals surface area (Å²) in [5.41, 5.74) is 3.65. The summed E-state index contributed by atoms with van der Waals surface area (Å²) in [6.45, 7) is 7.53. The number of allylic oxidation sites excluding steroid dienone is 3. The summed E-state index contributed by atoms with van der Waals surface area (Å²) in [6.07, 6.45) is 10.8. The molecule has 0 spiro atoms. The molecule has 2 heterocycles. The summed E-state index contributed by atoms with van der Waals surface area (Å²) in [5.74, 6) is 3.33. The van der Waals surface area contributed by atoms with Gasteiger partial charge < -0.3 is 10.6 Å². The zero-order valence-corrected chi connectivity index (χ0v) is 12.1. The first-order chi connectivity index (χ1) is 9.12. The standard InChI is InChI=1S/C12H18N4.C3H4/c1-4-9(2)5-11-8-13-6-10-7-14-16(3)12(10)15-11;1-3-2/h4-5,7,13,15H,6,8H2,1-3H3;1H,2H3/b9-4-,11-5+;. The Morgan fingerprint density at radius 1 is 1.53 bits per heavy atom. The van der Waals surface area contributed by atoms with Crippen LogP contribution in [0.4, 0.5) is 5.82 Å². The lowest BCUT2D eigenvalue weighted by Crippen LogP contribution is -2.16. The molecule has 1 aliphatic heterocycles. The van der Waals surface area contributed by atoms with E-state index >= 15 is 0 Å². The molecule has 1 aromatic rings. The van der Waals surface area contributed by atoms with Crippen molar-refractivity contribution in [3.8, 4) is 12.3 Å². The molecular weight excluding hydrogens is 236 g/mol. The van der Waals surface area contributed by atoms with Gasteiger partial charge in [0.2, 0.25) is 0 Å². The van der Waals surface area contributed by atoms with Crippen LogP contribution in [0.25, 0.3) is 0 Å². The maximum absolute atomic E-state index is 4.60. The van der Waals surface area contributed by atoms with E-state index in [2.05, 4.69) is 47.2 Å². The van der Waals surface area contributed by atoms with E-state index in [-0.39, 0.29) is 0 Å². The lowest BCUT2D eigenvalue weighted by Gasteiger charge is -2.08. The molecule has 1 aliphatic rings. The second-order valence-corrected chi connectivity index (χ2v) is 4.36. The first-order valence-electron chi connectivity index (χ1n) is 6.31. The van der Waals surface area contributed by atoms with Crippen LogP contribution >= 0.6 is 0 Å². The van der Waals surface area contributed by atoms with Crippen LogP contribution in [0, 0.1) is 12.3 Å². The molecule has 0 aliphatic carbocycles. The average Bonchev–Trinajstić information content (AvgIpc) is 2.62. The Hall–Kier alpha value is -1.99. The van der Waals surface area contributed by atoms with Crippen LogP contribution in [0.3, 0.4) is 0 Å². The van der Waals surface area contributed by atoms with Crippen LogP contribution in [0.5, 0.6) is 0 Å². The largest absolute Gasteiger partial charge is 0.343 e. The topological polar surface area (TPSA) is 41.9 Å². The van der Waals surface area contributed by atoms with Crippen LogP contribution in [0.15, 0.2) is 29.6 Å². The molecule has 19 heavy (non-hydrogen) atoms. The van der Waals surface area contributed by atoms with Gasteiger partial charge in [0, 0.05) is 31.4 Å². The quantitative estimate of drug-likeness (QED) is 0.760. The highest BCUT2D eigenvalue weighted by Gasteiger charge is 2.13. The second-order valence-electron chi connectivity index (χ2n) is 4.36. The van der Waals surface area contributed by atoms with Crippen LogP contribution in [0.2, 0.25) is 0 Å². The first kappa shape index (κ1) is 15.1. The van der Waals surface area contributed by atoms with Gasteiger partial charge in [-0.1, -0.05) is 11.6 Å². The number of aromatic nitrogens is 2. The maximum atomic E-state index is 4.60. The Kier molecular flexibility index (Phi) is 5.91. The van der Waals surface area contributed by atoms with Gasteiger partial charge in [0.15, 0.2) is 0 Å². The third-order valence-electron chi connectivity index (χ3n) is 2.78. The van der Waals surface area contributed by atoms with Gasteiger partial charge in [0.25, 0.3) is 0 Å². The molecule has 0 saturated heterocycles. The summed E-state index contributed by atoms with van der Waals surface area (Å²) in [7, 11) is 1.96. The highest BCUT2D eigenvalue weighted by atomic mass is 15.3. The van der Waals surface area contributed by atoms with E-state index in [1.165, 1.54) is 16.8 Å². The molecule has 102 valence electrons. The number of terminal acetylenes is 1. The number of hydrogen-bond donors (Lipinski definition) is 2. The Morgan fingerprint density at radius 2 is 2.21 bits per heavy atom. The molecule has 0 bridgehead atoms. The number of rotatable bonds is 1. The third-order valence-corrected chi connectivity index (χ3v) is 2.78. The van der Waals surface area contributed by atoms with Gasteiger partial charge in [-0.2, -0.15) is 5.10 Å². The number of anilines is 1. The van der Waals surface area contributed by atoms with Crippen molar-refractivity contribution in [2.75, 3.05) is 11.9 Å². The fraction of sp³-hybridized carbons (Fsp3) is 0.400. The summed E-state index contributed by atoms with van der Waals surface area (Å²) in [4.78, 5) is 0. The number of hydrogen-bond acceptors (Lipinski definition) is 3. The molecule has 0 aromatic carbocycles. The Morgan fingerprint density at radius 3 is 2.84 bits per heavy atom. The minimum Gasteiger partial charge on any atom is -0.343 e. The molecule has 0 radical (unpaired) electrons. The summed E-state index contributed by atoms with van der Waals surface area (Å²) in [6, 6.07) is 0. The number of nitrogens with one attached hydrogen (secondary N) is 2. The van der Waals surface area contributed by atoms with Crippen LogP contribution in [0.1, 0.15) is 26.3 Å². The van der Waals surface area contributed by atoms with E-state index in [0.717, 1.165) is 18.9 Å². The van der Waals surface area contributed by atoms with Crippen LogP contribution in [-0.4, -0.2) is 16.3 Å². The van der Waals surface area contributed by atoms with Crippen molar-refractivity contribution in [3.63, 3.8) is 0 Å². The van der Waals surface area contributed by atoms with Crippen molar-refractivity contribution in [1.29, 1.82) is 0 Å². The molecule has 0 atom stereocenters. The predicted octanol–water partition coefficient (Wildman–Crippen LogP) is 2.42. The normalized spacial score (nSPS) is 16.6. The van der Waals surface area contributed by atoms with Crippen LogP contribution in [-0.2, 0) is 13.6 Å². The monoisotopic (exact) mass is 258 g/mol. The summed E-state index contributed by atoms with van der Waals surface area (Å²) >= 11 is 0. The fourth-order valence-electron chi connectivity index (χ4n) is 1.75. The fourth-order valence-corrected chi connectivity index (χ4v) is 1.75. The van der Waals surface area contributed by atoms with Crippen molar-refractivity contribution < 1.29 is 0 Å². The summed E-state index contributed by atoms with van der Waals surface area (Å²) in [5, 5.41) is 11.1. The molecule has 2 rings (SSSR count). The van der Waals surface area contributed by atoms with Crippen molar-refractivity contribution in [3.05, 3.63) is 35.2 Å². The van der Waals surface area contributed by atoms with Gasteiger partial charge in [0.05, 0.1) is 6.20 Å². The third kappa shape index (κ3) is 4.31. The van der Waals surface area contributed by atoms with E-state index in [9.17, 15) is 0 Å². The van der Waals surface area contributed by atoms with Gasteiger partial charge in [-0.05, 0) is 26.8 Å². The molecule has 1 aromatic heterocycles. The lowest BCUT2D eigenvalue weighted by molar-refractivity contribution is 0.752. The van der Waals surface area contributed by atoms with E-state index in [1.807, 2.05) is 24.9 Å². The molecule has 0 amide bonds. The van der Waals surface area contributed by atoms with Crippen molar-refractivity contribution in [1.82, 2.24) is 15.1 Å². The van der Waals surface area contributed by atoms with Gasteiger partial charge >= 0.3 is 0 Å². The first-order valence-corrected chi connectivity index (χ1v) is 6.31. The van der Waals surface area contributed by atoms with Crippen molar-refractivity contribution >= 4 is 5.82 Å². The predicted molar refractivity (Wildman–Crippen MR) is 80.6 cm³/mol. The zero-order chi connectivity index (χ0) is 14.3. The Labute approximate surface area is 115 Å². The van der Waals surface area contributed by atoms with Gasteiger partial charge in [-0.15, -0.1) is 12.3 Å². The minimum atomic E-state index is 0.861.